The summed E-state index contributed by atoms with van der Waals surface area (Å²) >= 11 is 5.82. The fraction of sp³-hybridized carbons (Fsp3) is 0.167. The van der Waals surface area contributed by atoms with Gasteiger partial charge in [0.25, 0.3) is 0 Å². The number of carboxylic acid groups (broad SMARTS) is 1. The van der Waals surface area contributed by atoms with E-state index in [4.69, 9.17) is 21.4 Å². The van der Waals surface area contributed by atoms with E-state index in [1.54, 1.807) is 18.2 Å². The smallest absolute Gasteiger partial charge is 0.356 e. The number of rotatable bonds is 5. The van der Waals surface area contributed by atoms with Crippen molar-refractivity contribution in [2.45, 2.75) is 6.42 Å². The molecule has 0 unspecified atom stereocenters. The van der Waals surface area contributed by atoms with Gasteiger partial charge in [-0.2, -0.15) is 5.10 Å². The molecular weight excluding hydrogens is 256 g/mol. The maximum absolute atomic E-state index is 10.6. The van der Waals surface area contributed by atoms with E-state index in [1.807, 2.05) is 6.07 Å². The number of nitrogens with one attached hydrogen (secondary N) is 1. The zero-order valence-electron chi connectivity index (χ0n) is 9.39. The molecule has 0 amide bonds. The first-order chi connectivity index (χ1) is 8.65. The molecule has 0 saturated carbocycles. The second-order valence-electron chi connectivity index (χ2n) is 3.64. The number of carboxylic acids is 1. The van der Waals surface area contributed by atoms with Crippen LogP contribution >= 0.6 is 11.6 Å². The number of halogens is 1. The molecule has 1 aromatic heterocycles. The van der Waals surface area contributed by atoms with Crippen molar-refractivity contribution >= 4 is 17.6 Å². The van der Waals surface area contributed by atoms with Gasteiger partial charge in [0.1, 0.15) is 5.75 Å². The standard InChI is InChI=1S/C12H11ClN2O3/c13-8-2-1-3-10(6-8)18-5-4-9-7-11(12(16)17)15-14-9/h1-3,6-7H,4-5H2,(H,14,15)(H,16,17). The number of ether oxygens (including phenoxy) is 1. The summed E-state index contributed by atoms with van der Waals surface area (Å²) < 4.78 is 5.48. The lowest BCUT2D eigenvalue weighted by atomic mass is 10.3. The van der Waals surface area contributed by atoms with E-state index < -0.39 is 5.97 Å². The topological polar surface area (TPSA) is 75.2 Å². The second kappa shape index (κ2) is 5.55. The lowest BCUT2D eigenvalue weighted by Gasteiger charge is -2.04. The van der Waals surface area contributed by atoms with Gasteiger partial charge in [0.15, 0.2) is 5.69 Å². The minimum Gasteiger partial charge on any atom is -0.493 e. The molecule has 0 bridgehead atoms. The summed E-state index contributed by atoms with van der Waals surface area (Å²) in [7, 11) is 0. The molecule has 0 saturated heterocycles. The number of aromatic amines is 1. The van der Waals surface area contributed by atoms with Crippen LogP contribution in [0.5, 0.6) is 5.75 Å². The van der Waals surface area contributed by atoms with E-state index >= 15 is 0 Å². The average molecular weight is 267 g/mol. The Morgan fingerprint density at radius 1 is 1.44 bits per heavy atom. The Labute approximate surface area is 108 Å². The maximum atomic E-state index is 10.6. The summed E-state index contributed by atoms with van der Waals surface area (Å²) in [6.45, 7) is 0.418. The van der Waals surface area contributed by atoms with Crippen LogP contribution in [0.15, 0.2) is 30.3 Å². The Kier molecular flexibility index (Phi) is 3.84. The van der Waals surface area contributed by atoms with Crippen LogP contribution in [0.4, 0.5) is 0 Å². The number of carbonyl (C=O) groups is 1. The van der Waals surface area contributed by atoms with Gasteiger partial charge in [0, 0.05) is 17.1 Å². The number of hydrogen-bond acceptors (Lipinski definition) is 3. The largest absolute Gasteiger partial charge is 0.493 e. The van der Waals surface area contributed by atoms with Gasteiger partial charge in [-0.1, -0.05) is 17.7 Å². The van der Waals surface area contributed by atoms with E-state index in [0.29, 0.717) is 23.8 Å². The number of hydrogen-bond donors (Lipinski definition) is 2. The molecule has 0 atom stereocenters. The first-order valence-corrected chi connectivity index (χ1v) is 5.69. The molecule has 2 N–H and O–H groups in total. The molecular formula is C12H11ClN2O3. The van der Waals surface area contributed by atoms with Gasteiger partial charge in [0.05, 0.1) is 6.61 Å². The Balaban J connectivity index is 1.86. The van der Waals surface area contributed by atoms with E-state index in [-0.39, 0.29) is 5.69 Å². The number of H-pyrrole nitrogens is 1. The summed E-state index contributed by atoms with van der Waals surface area (Å²) in [5.41, 5.74) is 0.724. The number of benzene rings is 1. The van der Waals surface area contributed by atoms with Crippen LogP contribution in [0.25, 0.3) is 0 Å². The summed E-state index contributed by atoms with van der Waals surface area (Å²) in [5.74, 6) is -0.367. The van der Waals surface area contributed by atoms with Gasteiger partial charge in [0.2, 0.25) is 0 Å². The third-order valence-corrected chi connectivity index (χ3v) is 2.52. The molecule has 0 spiro atoms. The van der Waals surface area contributed by atoms with Crippen molar-refractivity contribution in [1.29, 1.82) is 0 Å². The van der Waals surface area contributed by atoms with E-state index in [0.717, 1.165) is 5.69 Å². The van der Waals surface area contributed by atoms with Crippen LogP contribution < -0.4 is 4.74 Å². The highest BCUT2D eigenvalue weighted by molar-refractivity contribution is 6.30. The fourth-order valence-corrected chi connectivity index (χ4v) is 1.62. The zero-order chi connectivity index (χ0) is 13.0. The van der Waals surface area contributed by atoms with Crippen molar-refractivity contribution in [1.82, 2.24) is 10.2 Å². The van der Waals surface area contributed by atoms with Crippen molar-refractivity contribution < 1.29 is 14.6 Å². The third-order valence-electron chi connectivity index (χ3n) is 2.29. The quantitative estimate of drug-likeness (QED) is 0.871. The minimum atomic E-state index is -1.05. The number of aromatic nitrogens is 2. The Hall–Kier alpha value is -2.01. The van der Waals surface area contributed by atoms with Crippen LogP contribution in [0.2, 0.25) is 5.02 Å². The van der Waals surface area contributed by atoms with Gasteiger partial charge in [-0.25, -0.2) is 4.79 Å². The molecule has 1 heterocycles. The van der Waals surface area contributed by atoms with Gasteiger partial charge in [-0.05, 0) is 24.3 Å². The van der Waals surface area contributed by atoms with Gasteiger partial charge < -0.3 is 9.84 Å². The Morgan fingerprint density at radius 3 is 2.94 bits per heavy atom. The second-order valence-corrected chi connectivity index (χ2v) is 4.08. The zero-order valence-corrected chi connectivity index (χ0v) is 10.1. The minimum absolute atomic E-state index is 0.00718. The summed E-state index contributed by atoms with van der Waals surface area (Å²) in [6, 6.07) is 8.58. The molecule has 0 radical (unpaired) electrons. The van der Waals surface area contributed by atoms with Gasteiger partial charge in [-0.3, -0.25) is 5.10 Å². The predicted octanol–water partition coefficient (Wildman–Crippen LogP) is 2.38. The first kappa shape index (κ1) is 12.4. The van der Waals surface area contributed by atoms with Gasteiger partial charge in [-0.15, -0.1) is 0 Å². The number of nitrogens with zero attached hydrogens (tertiary/aromatic N) is 1. The van der Waals surface area contributed by atoms with E-state index in [1.165, 1.54) is 6.07 Å². The van der Waals surface area contributed by atoms with Crippen molar-refractivity contribution in [3.8, 4) is 5.75 Å². The summed E-state index contributed by atoms with van der Waals surface area (Å²) in [5, 5.41) is 15.6. The normalized spacial score (nSPS) is 10.3. The van der Waals surface area contributed by atoms with Crippen molar-refractivity contribution in [3.63, 3.8) is 0 Å². The maximum Gasteiger partial charge on any atom is 0.356 e. The molecule has 2 rings (SSSR count). The lowest BCUT2D eigenvalue weighted by molar-refractivity contribution is 0.0690. The van der Waals surface area contributed by atoms with Crippen LogP contribution in [-0.2, 0) is 6.42 Å². The molecule has 0 aliphatic carbocycles. The molecule has 2 aromatic rings. The molecule has 18 heavy (non-hydrogen) atoms. The summed E-state index contributed by atoms with van der Waals surface area (Å²) in [6.07, 6.45) is 0.548. The van der Waals surface area contributed by atoms with Crippen LogP contribution in [0.3, 0.4) is 0 Å². The molecule has 0 fully saturated rings. The average Bonchev–Trinajstić information content (AvgIpc) is 2.78. The third kappa shape index (κ3) is 3.24. The van der Waals surface area contributed by atoms with Crippen LogP contribution in [0, 0.1) is 0 Å². The molecule has 1 aromatic carbocycles. The van der Waals surface area contributed by atoms with Crippen LogP contribution in [-0.4, -0.2) is 27.9 Å². The molecule has 0 aliphatic rings. The van der Waals surface area contributed by atoms with E-state index in [2.05, 4.69) is 10.2 Å². The summed E-state index contributed by atoms with van der Waals surface area (Å²) in [4.78, 5) is 10.6. The fourth-order valence-electron chi connectivity index (χ4n) is 1.43. The highest BCUT2D eigenvalue weighted by Crippen LogP contribution is 2.17. The monoisotopic (exact) mass is 266 g/mol. The Morgan fingerprint density at radius 2 is 2.28 bits per heavy atom. The Bertz CT molecular complexity index is 554. The molecule has 94 valence electrons. The lowest BCUT2D eigenvalue weighted by Crippen LogP contribution is -2.01. The first-order valence-electron chi connectivity index (χ1n) is 5.31. The van der Waals surface area contributed by atoms with Crippen molar-refractivity contribution in [3.05, 3.63) is 46.7 Å². The molecule has 6 heteroatoms. The van der Waals surface area contributed by atoms with Crippen molar-refractivity contribution in [2.75, 3.05) is 6.61 Å². The highest BCUT2D eigenvalue weighted by Gasteiger charge is 2.07. The van der Waals surface area contributed by atoms with E-state index in [9.17, 15) is 4.79 Å². The van der Waals surface area contributed by atoms with Crippen molar-refractivity contribution in [2.24, 2.45) is 0 Å². The highest BCUT2D eigenvalue weighted by atomic mass is 35.5. The predicted molar refractivity (Wildman–Crippen MR) is 66.2 cm³/mol. The number of aromatic carboxylic acids is 1. The van der Waals surface area contributed by atoms with Gasteiger partial charge >= 0.3 is 5.97 Å². The molecule has 5 nitrogen and oxygen atoms in total. The molecule has 0 aliphatic heterocycles. The van der Waals surface area contributed by atoms with Crippen LogP contribution in [0.1, 0.15) is 16.2 Å². The SMILES string of the molecule is O=C(O)c1cc(CCOc2cccc(Cl)c2)[nH]n1.